The van der Waals surface area contributed by atoms with Crippen molar-refractivity contribution in [2.24, 2.45) is 0 Å². The topological polar surface area (TPSA) is 81.8 Å². The molecule has 2 N–H and O–H groups in total. The van der Waals surface area contributed by atoms with Crippen LogP contribution in [0.15, 0.2) is 53.4 Å². The number of halogens is 3. The summed E-state index contributed by atoms with van der Waals surface area (Å²) < 4.78 is 65.9. The zero-order chi connectivity index (χ0) is 21.9. The van der Waals surface area contributed by atoms with Crippen LogP contribution in [-0.2, 0) is 16.2 Å². The van der Waals surface area contributed by atoms with Crippen molar-refractivity contribution in [2.75, 3.05) is 37.9 Å². The maximum atomic E-state index is 12.9. The maximum absolute atomic E-state index is 12.9. The molecule has 1 fully saturated rings. The van der Waals surface area contributed by atoms with Crippen LogP contribution in [0.3, 0.4) is 0 Å². The fraction of sp³-hybridized carbons (Fsp3) is 0.316. The lowest BCUT2D eigenvalue weighted by Crippen LogP contribution is -2.52. The van der Waals surface area contributed by atoms with Gasteiger partial charge in [0.25, 0.3) is 15.9 Å². The van der Waals surface area contributed by atoms with Crippen LogP contribution >= 0.6 is 0 Å². The second-order valence-corrected chi connectivity index (χ2v) is 8.63. The Morgan fingerprint density at radius 1 is 1.00 bits per heavy atom. The number of likely N-dealkylation sites (N-methyl/N-ethyl adjacent to an activating group) is 1. The molecule has 0 saturated carbocycles. The zero-order valence-corrected chi connectivity index (χ0v) is 16.9. The van der Waals surface area contributed by atoms with Crippen molar-refractivity contribution < 1.29 is 26.4 Å². The van der Waals surface area contributed by atoms with Crippen LogP contribution in [0.4, 0.5) is 18.9 Å². The molecular formula is C19H21F3N4O3S. The van der Waals surface area contributed by atoms with Crippen LogP contribution in [-0.4, -0.2) is 57.5 Å². The Morgan fingerprint density at radius 3 is 2.33 bits per heavy atom. The van der Waals surface area contributed by atoms with Gasteiger partial charge in [-0.2, -0.15) is 13.2 Å². The molecule has 162 valence electrons. The Hall–Kier alpha value is -2.63. The monoisotopic (exact) mass is 442 g/mol. The summed E-state index contributed by atoms with van der Waals surface area (Å²) >= 11 is 0. The molecule has 2 aromatic rings. The number of alkyl halides is 3. The predicted octanol–water partition coefficient (Wildman–Crippen LogP) is 2.40. The first-order chi connectivity index (χ1) is 14.0. The summed E-state index contributed by atoms with van der Waals surface area (Å²) in [6, 6.07) is 9.21. The van der Waals surface area contributed by atoms with Gasteiger partial charge in [0.05, 0.1) is 10.5 Å². The van der Waals surface area contributed by atoms with Crippen molar-refractivity contribution >= 4 is 21.6 Å². The van der Waals surface area contributed by atoms with E-state index in [-0.39, 0.29) is 16.1 Å². The molecule has 0 atom stereocenters. The van der Waals surface area contributed by atoms with Crippen molar-refractivity contribution in [3.63, 3.8) is 0 Å². The molecule has 30 heavy (non-hydrogen) atoms. The van der Waals surface area contributed by atoms with E-state index in [1.807, 2.05) is 7.05 Å². The van der Waals surface area contributed by atoms with Gasteiger partial charge in [-0.15, -0.1) is 0 Å². The zero-order valence-electron chi connectivity index (χ0n) is 16.1. The Morgan fingerprint density at radius 2 is 1.67 bits per heavy atom. The van der Waals surface area contributed by atoms with E-state index in [0.29, 0.717) is 19.2 Å². The summed E-state index contributed by atoms with van der Waals surface area (Å²) in [5.41, 5.74) is 1.67. The van der Waals surface area contributed by atoms with E-state index < -0.39 is 27.7 Å². The second kappa shape index (κ2) is 8.62. The Bertz CT molecular complexity index is 1020. The minimum atomic E-state index is -4.59. The SMILES string of the molecule is CN1CCN(NC(=O)c2cccc(S(=O)(=O)Nc3cccc(C(F)(F)F)c3)c2)CC1. The van der Waals surface area contributed by atoms with Crippen LogP contribution < -0.4 is 10.1 Å². The summed E-state index contributed by atoms with van der Waals surface area (Å²) in [6.07, 6.45) is -4.59. The molecule has 1 amide bonds. The predicted molar refractivity (Wildman–Crippen MR) is 105 cm³/mol. The van der Waals surface area contributed by atoms with Crippen molar-refractivity contribution in [1.82, 2.24) is 15.3 Å². The number of piperazine rings is 1. The average molecular weight is 442 g/mol. The van der Waals surface area contributed by atoms with Crippen LogP contribution in [0.5, 0.6) is 0 Å². The first-order valence-corrected chi connectivity index (χ1v) is 10.6. The molecular weight excluding hydrogens is 421 g/mol. The Labute approximate surface area is 172 Å². The van der Waals surface area contributed by atoms with Crippen LogP contribution in [0.25, 0.3) is 0 Å². The fourth-order valence-electron chi connectivity index (χ4n) is 2.90. The van der Waals surface area contributed by atoms with Gasteiger partial charge in [0.1, 0.15) is 0 Å². The van der Waals surface area contributed by atoms with Crippen LogP contribution in [0.1, 0.15) is 15.9 Å². The molecule has 0 radical (unpaired) electrons. The highest BCUT2D eigenvalue weighted by Crippen LogP contribution is 2.31. The standard InChI is InChI=1S/C19H21F3N4O3S/c1-25-8-10-26(11-9-25)23-18(27)14-4-2-7-17(12-14)30(28,29)24-16-6-3-5-15(13-16)19(20,21)22/h2-7,12-13,24H,8-11H2,1H3,(H,23,27). The van der Waals surface area contributed by atoms with Crippen molar-refractivity contribution in [3.8, 4) is 0 Å². The van der Waals surface area contributed by atoms with Gasteiger partial charge in [-0.3, -0.25) is 14.9 Å². The molecule has 11 heteroatoms. The van der Waals surface area contributed by atoms with Gasteiger partial charge in [0, 0.05) is 37.4 Å². The first-order valence-electron chi connectivity index (χ1n) is 9.09. The normalized spacial score (nSPS) is 16.3. The van der Waals surface area contributed by atoms with Gasteiger partial charge < -0.3 is 4.90 Å². The molecule has 0 aromatic heterocycles. The third kappa shape index (κ3) is 5.49. The summed E-state index contributed by atoms with van der Waals surface area (Å²) in [6.45, 7) is 2.85. The van der Waals surface area contributed by atoms with E-state index in [4.69, 9.17) is 0 Å². The van der Waals surface area contributed by atoms with Crippen molar-refractivity contribution in [1.29, 1.82) is 0 Å². The highest BCUT2D eigenvalue weighted by atomic mass is 32.2. The second-order valence-electron chi connectivity index (χ2n) is 6.94. The van der Waals surface area contributed by atoms with Crippen molar-refractivity contribution in [2.45, 2.75) is 11.1 Å². The first kappa shape index (κ1) is 22.1. The number of nitrogens with zero attached hydrogens (tertiary/aromatic N) is 2. The smallest absolute Gasteiger partial charge is 0.304 e. The lowest BCUT2D eigenvalue weighted by atomic mass is 10.2. The number of benzene rings is 2. The molecule has 1 saturated heterocycles. The van der Waals surface area contributed by atoms with Gasteiger partial charge in [-0.1, -0.05) is 12.1 Å². The lowest BCUT2D eigenvalue weighted by Gasteiger charge is -2.32. The highest BCUT2D eigenvalue weighted by Gasteiger charge is 2.30. The summed E-state index contributed by atoms with van der Waals surface area (Å²) in [4.78, 5) is 14.4. The Balaban J connectivity index is 1.75. The van der Waals surface area contributed by atoms with E-state index in [2.05, 4.69) is 15.0 Å². The molecule has 0 unspecified atom stereocenters. The summed E-state index contributed by atoms with van der Waals surface area (Å²) in [7, 11) is -2.21. The third-order valence-corrected chi connectivity index (χ3v) is 5.99. The van der Waals surface area contributed by atoms with E-state index in [1.54, 1.807) is 5.01 Å². The molecule has 1 aliphatic heterocycles. The molecule has 7 nitrogen and oxygen atoms in total. The van der Waals surface area contributed by atoms with E-state index in [1.165, 1.54) is 30.3 Å². The largest absolute Gasteiger partial charge is 0.416 e. The van der Waals surface area contributed by atoms with Gasteiger partial charge in [0.2, 0.25) is 0 Å². The minimum Gasteiger partial charge on any atom is -0.304 e. The molecule has 1 aliphatic rings. The minimum absolute atomic E-state index is 0.126. The molecule has 0 aliphatic carbocycles. The van der Waals surface area contributed by atoms with Gasteiger partial charge in [0.15, 0.2) is 0 Å². The molecule has 0 bridgehead atoms. The maximum Gasteiger partial charge on any atom is 0.416 e. The molecule has 1 heterocycles. The third-order valence-electron chi connectivity index (χ3n) is 4.61. The van der Waals surface area contributed by atoms with Crippen molar-refractivity contribution in [3.05, 3.63) is 59.7 Å². The van der Waals surface area contributed by atoms with Crippen LogP contribution in [0, 0.1) is 0 Å². The number of hydrazine groups is 1. The van der Waals surface area contributed by atoms with Crippen LogP contribution in [0.2, 0.25) is 0 Å². The molecule has 2 aromatic carbocycles. The number of sulfonamides is 1. The summed E-state index contributed by atoms with van der Waals surface area (Å²) in [5.74, 6) is -0.462. The number of anilines is 1. The van der Waals surface area contributed by atoms with E-state index in [0.717, 1.165) is 25.2 Å². The number of carbonyl (C=O) groups excluding carboxylic acids is 1. The molecule has 0 spiro atoms. The Kier molecular flexibility index (Phi) is 6.34. The number of rotatable bonds is 5. The van der Waals surface area contributed by atoms with Gasteiger partial charge in [-0.05, 0) is 43.4 Å². The lowest BCUT2D eigenvalue weighted by molar-refractivity contribution is -0.137. The summed E-state index contributed by atoms with van der Waals surface area (Å²) in [5, 5.41) is 1.75. The van der Waals surface area contributed by atoms with Gasteiger partial charge in [-0.25, -0.2) is 13.4 Å². The number of hydrogen-bond acceptors (Lipinski definition) is 5. The fourth-order valence-corrected chi connectivity index (χ4v) is 4.00. The number of nitrogens with one attached hydrogen (secondary N) is 2. The molecule has 3 rings (SSSR count). The van der Waals surface area contributed by atoms with Gasteiger partial charge >= 0.3 is 6.18 Å². The number of hydrogen-bond donors (Lipinski definition) is 2. The average Bonchev–Trinajstić information content (AvgIpc) is 2.69. The number of carbonyl (C=O) groups is 1. The highest BCUT2D eigenvalue weighted by molar-refractivity contribution is 7.92. The number of amides is 1. The van der Waals surface area contributed by atoms with E-state index in [9.17, 15) is 26.4 Å². The quantitative estimate of drug-likeness (QED) is 0.743. The van der Waals surface area contributed by atoms with E-state index >= 15 is 0 Å².